The van der Waals surface area contributed by atoms with Crippen molar-refractivity contribution in [2.45, 2.75) is 44.6 Å². The van der Waals surface area contributed by atoms with Crippen LogP contribution in [0.2, 0.25) is 0 Å². The highest BCUT2D eigenvalue weighted by atomic mass is 16.6. The van der Waals surface area contributed by atoms with Crippen molar-refractivity contribution >= 4 is 17.9 Å². The molecule has 0 radical (unpaired) electrons. The number of fused-ring (bicyclic) bond motifs is 10. The molecule has 0 heterocycles. The summed E-state index contributed by atoms with van der Waals surface area (Å²) in [5, 5.41) is 9.68. The number of carboxylic acid groups (broad SMARTS) is 1. The topological polar surface area (TPSA) is 99.1 Å². The zero-order valence-corrected chi connectivity index (χ0v) is 26.4. The molecule has 4 atom stereocenters. The molecule has 47 heavy (non-hydrogen) atoms. The summed E-state index contributed by atoms with van der Waals surface area (Å²) in [6.07, 6.45) is 3.35. The maximum Gasteiger partial charge on any atom is 0.310 e. The summed E-state index contributed by atoms with van der Waals surface area (Å²) in [5.41, 5.74) is 10.1. The number of hydrogen-bond donors (Lipinski definition) is 1. The van der Waals surface area contributed by atoms with E-state index in [-0.39, 0.29) is 32.5 Å². The Labute approximate surface area is 273 Å². The standard InChI is InChI=1S/C40H36O7/c1-3-37(41)46-23-26(47-39(44)32-13-5-4-12-31(32)38(42)43)22-45-25-17-19-30-28-11-7-9-15-34(28)40(36(30)21-25)33-14-8-6-10-27(33)29-18-16-24(2)20-35(29)40/h4-11,14-21,26,31-32H,3,12-13,22-23H2,1-2H3,(H,42,43). The summed E-state index contributed by atoms with van der Waals surface area (Å²) in [6.45, 7) is 3.53. The van der Waals surface area contributed by atoms with E-state index in [0.717, 1.165) is 11.1 Å². The van der Waals surface area contributed by atoms with Crippen LogP contribution in [0, 0.1) is 18.8 Å². The van der Waals surface area contributed by atoms with Gasteiger partial charge in [0.05, 0.1) is 17.3 Å². The second kappa shape index (κ2) is 12.2. The molecule has 0 aliphatic heterocycles. The molecule has 0 amide bonds. The van der Waals surface area contributed by atoms with Crippen LogP contribution in [0.3, 0.4) is 0 Å². The number of carbonyl (C=O) groups excluding carboxylic acids is 2. The minimum absolute atomic E-state index is 0.0753. The number of benzene rings is 4. The summed E-state index contributed by atoms with van der Waals surface area (Å²) in [6, 6.07) is 29.8. The van der Waals surface area contributed by atoms with Crippen molar-refractivity contribution in [2.24, 2.45) is 11.8 Å². The van der Waals surface area contributed by atoms with Gasteiger partial charge < -0.3 is 19.3 Å². The Morgan fingerprint density at radius 1 is 0.766 bits per heavy atom. The van der Waals surface area contributed by atoms with E-state index in [1.54, 1.807) is 19.1 Å². The van der Waals surface area contributed by atoms with Crippen LogP contribution >= 0.6 is 0 Å². The molecule has 7 nitrogen and oxygen atoms in total. The van der Waals surface area contributed by atoms with Crippen molar-refractivity contribution in [3.05, 3.63) is 125 Å². The van der Waals surface area contributed by atoms with Crippen LogP contribution in [0.15, 0.2) is 97.1 Å². The van der Waals surface area contributed by atoms with Crippen molar-refractivity contribution < 1.29 is 33.7 Å². The predicted octanol–water partition coefficient (Wildman–Crippen LogP) is 7.25. The molecule has 3 aliphatic carbocycles. The number of hydrogen-bond acceptors (Lipinski definition) is 6. The molecule has 0 fully saturated rings. The smallest absolute Gasteiger partial charge is 0.310 e. The third-order valence-corrected chi connectivity index (χ3v) is 9.71. The molecule has 0 aromatic heterocycles. The van der Waals surface area contributed by atoms with Crippen LogP contribution in [-0.4, -0.2) is 42.3 Å². The lowest BCUT2D eigenvalue weighted by molar-refractivity contribution is -0.168. The van der Waals surface area contributed by atoms with E-state index >= 15 is 0 Å². The monoisotopic (exact) mass is 628 g/mol. The van der Waals surface area contributed by atoms with Crippen LogP contribution < -0.4 is 4.74 Å². The molecule has 4 unspecified atom stereocenters. The van der Waals surface area contributed by atoms with Crippen molar-refractivity contribution in [1.29, 1.82) is 0 Å². The van der Waals surface area contributed by atoms with E-state index in [0.29, 0.717) is 5.75 Å². The summed E-state index contributed by atoms with van der Waals surface area (Å²) in [4.78, 5) is 37.1. The molecule has 3 aliphatic rings. The molecule has 7 rings (SSSR count). The summed E-state index contributed by atoms with van der Waals surface area (Å²) < 4.78 is 17.5. The summed E-state index contributed by atoms with van der Waals surface area (Å²) >= 11 is 0. The number of carbonyl (C=O) groups is 3. The number of aliphatic carboxylic acids is 1. The van der Waals surface area contributed by atoms with Crippen LogP contribution in [0.5, 0.6) is 5.75 Å². The van der Waals surface area contributed by atoms with Crippen LogP contribution in [0.1, 0.15) is 54.0 Å². The minimum Gasteiger partial charge on any atom is -0.490 e. The average Bonchev–Trinajstić information content (AvgIpc) is 3.55. The van der Waals surface area contributed by atoms with Crippen LogP contribution in [-0.2, 0) is 29.3 Å². The number of carboxylic acids is 1. The fourth-order valence-electron chi connectivity index (χ4n) is 7.51. The first-order chi connectivity index (χ1) is 22.8. The zero-order chi connectivity index (χ0) is 32.7. The maximum atomic E-state index is 13.2. The highest BCUT2D eigenvalue weighted by Gasteiger charge is 2.51. The number of allylic oxidation sites excluding steroid dienone is 2. The first kappa shape index (κ1) is 30.5. The van der Waals surface area contributed by atoms with Gasteiger partial charge >= 0.3 is 17.9 Å². The van der Waals surface area contributed by atoms with E-state index in [4.69, 9.17) is 14.2 Å². The van der Waals surface area contributed by atoms with Gasteiger partial charge in [-0.1, -0.05) is 97.4 Å². The molecule has 0 bridgehead atoms. The van der Waals surface area contributed by atoms with E-state index in [2.05, 4.69) is 85.8 Å². The molecule has 0 saturated heterocycles. The highest BCUT2D eigenvalue weighted by Crippen LogP contribution is 2.63. The lowest BCUT2D eigenvalue weighted by atomic mass is 9.70. The number of rotatable bonds is 9. The average molecular weight is 629 g/mol. The number of esters is 2. The normalized spacial score (nSPS) is 20.5. The Bertz CT molecular complexity index is 1910. The van der Waals surface area contributed by atoms with Gasteiger partial charge in [-0.2, -0.15) is 0 Å². The van der Waals surface area contributed by atoms with Gasteiger partial charge in [-0.3, -0.25) is 14.4 Å². The molecule has 7 heteroatoms. The van der Waals surface area contributed by atoms with Gasteiger partial charge in [0.15, 0.2) is 6.10 Å². The van der Waals surface area contributed by atoms with Gasteiger partial charge in [0, 0.05) is 6.42 Å². The molecular formula is C40H36O7. The highest BCUT2D eigenvalue weighted by molar-refractivity contribution is 5.95. The second-order valence-electron chi connectivity index (χ2n) is 12.5. The van der Waals surface area contributed by atoms with Crippen molar-refractivity contribution in [2.75, 3.05) is 13.2 Å². The second-order valence-corrected chi connectivity index (χ2v) is 12.5. The van der Waals surface area contributed by atoms with E-state index in [1.807, 2.05) is 6.07 Å². The minimum atomic E-state index is -1.04. The van der Waals surface area contributed by atoms with Crippen molar-refractivity contribution in [3.8, 4) is 28.0 Å². The number of ether oxygens (including phenoxy) is 3. The van der Waals surface area contributed by atoms with Crippen molar-refractivity contribution in [1.82, 2.24) is 0 Å². The van der Waals surface area contributed by atoms with Gasteiger partial charge in [-0.15, -0.1) is 0 Å². The largest absolute Gasteiger partial charge is 0.490 e. The van der Waals surface area contributed by atoms with E-state index < -0.39 is 41.3 Å². The Morgan fingerprint density at radius 3 is 2.02 bits per heavy atom. The zero-order valence-electron chi connectivity index (χ0n) is 26.4. The summed E-state index contributed by atoms with van der Waals surface area (Å²) in [5.74, 6) is -3.23. The quantitative estimate of drug-likeness (QED) is 0.133. The number of aryl methyl sites for hydroxylation is 1. The lowest BCUT2D eigenvalue weighted by Gasteiger charge is -2.31. The molecule has 238 valence electrons. The van der Waals surface area contributed by atoms with Crippen LogP contribution in [0.25, 0.3) is 22.3 Å². The van der Waals surface area contributed by atoms with Gasteiger partial charge in [0.25, 0.3) is 0 Å². The molecule has 4 aromatic rings. The van der Waals surface area contributed by atoms with Gasteiger partial charge in [0.2, 0.25) is 0 Å². The van der Waals surface area contributed by atoms with E-state index in [9.17, 15) is 19.5 Å². The Kier molecular flexibility index (Phi) is 7.92. The predicted molar refractivity (Wildman–Crippen MR) is 177 cm³/mol. The first-order valence-electron chi connectivity index (χ1n) is 16.1. The Hall–Kier alpha value is -5.17. The van der Waals surface area contributed by atoms with Gasteiger partial charge in [-0.05, 0) is 76.4 Å². The Balaban J connectivity index is 1.23. The van der Waals surface area contributed by atoms with Gasteiger partial charge in [-0.25, -0.2) is 0 Å². The third kappa shape index (κ3) is 5.10. The fourth-order valence-corrected chi connectivity index (χ4v) is 7.51. The molecule has 1 spiro atoms. The fraction of sp³-hybridized carbons (Fsp3) is 0.275. The molecule has 4 aromatic carbocycles. The molecule has 1 N–H and O–H groups in total. The summed E-state index contributed by atoms with van der Waals surface area (Å²) in [7, 11) is 0. The Morgan fingerprint density at radius 2 is 1.36 bits per heavy atom. The molecular weight excluding hydrogens is 592 g/mol. The van der Waals surface area contributed by atoms with E-state index in [1.165, 1.54) is 38.9 Å². The van der Waals surface area contributed by atoms with Crippen molar-refractivity contribution in [3.63, 3.8) is 0 Å². The lowest BCUT2D eigenvalue weighted by Crippen LogP contribution is -2.37. The SMILES string of the molecule is CCC(=O)OCC(COc1ccc2c(c1)C1(c3ccccc3-c3ccc(C)cc31)c1ccccc1-2)OC(=O)C1CC=CCC1C(=O)O. The first-order valence-corrected chi connectivity index (χ1v) is 16.1. The van der Waals surface area contributed by atoms with Crippen LogP contribution in [0.4, 0.5) is 0 Å². The maximum absolute atomic E-state index is 13.2. The van der Waals surface area contributed by atoms with Gasteiger partial charge in [0.1, 0.15) is 19.0 Å². The molecule has 0 saturated carbocycles. The third-order valence-electron chi connectivity index (χ3n) is 9.71.